The average molecular weight is 369 g/mol. The van der Waals surface area contributed by atoms with Crippen LogP contribution in [0, 0.1) is 18.6 Å². The van der Waals surface area contributed by atoms with Crippen molar-refractivity contribution >= 4 is 33.6 Å². The average Bonchev–Trinajstić information content (AvgIpc) is 2.42. The molecule has 0 radical (unpaired) electrons. The number of carbonyl (C=O) groups is 2. The number of nitrogens with one attached hydrogen (secondary N) is 2. The largest absolute Gasteiger partial charge is 0.326 e. The van der Waals surface area contributed by atoms with Crippen LogP contribution in [0.2, 0.25) is 0 Å². The predicted molar refractivity (Wildman–Crippen MR) is 81.7 cm³/mol. The van der Waals surface area contributed by atoms with Crippen molar-refractivity contribution in [3.63, 3.8) is 0 Å². The Bertz CT molecular complexity index is 730. The molecule has 0 aliphatic heterocycles. The quantitative estimate of drug-likeness (QED) is 0.841. The topological polar surface area (TPSA) is 58.2 Å². The van der Waals surface area contributed by atoms with E-state index in [9.17, 15) is 18.4 Å². The van der Waals surface area contributed by atoms with Crippen LogP contribution in [0.3, 0.4) is 0 Å². The van der Waals surface area contributed by atoms with Crippen molar-refractivity contribution in [2.45, 2.75) is 6.92 Å². The number of benzene rings is 2. The van der Waals surface area contributed by atoms with Gasteiger partial charge in [0, 0.05) is 10.2 Å². The van der Waals surface area contributed by atoms with Crippen molar-refractivity contribution in [2.24, 2.45) is 0 Å². The van der Waals surface area contributed by atoms with Gasteiger partial charge < -0.3 is 5.32 Å². The zero-order chi connectivity index (χ0) is 16.3. The van der Waals surface area contributed by atoms with Crippen LogP contribution in [0.15, 0.2) is 40.9 Å². The third-order valence-corrected chi connectivity index (χ3v) is 3.72. The van der Waals surface area contributed by atoms with Crippen molar-refractivity contribution in [3.05, 3.63) is 63.6 Å². The Hall–Kier alpha value is -2.28. The number of hydrogen-bond acceptors (Lipinski definition) is 2. The van der Waals surface area contributed by atoms with E-state index in [4.69, 9.17) is 0 Å². The number of amides is 3. The van der Waals surface area contributed by atoms with Gasteiger partial charge in [0.1, 0.15) is 17.2 Å². The SMILES string of the molecule is Cc1cc(NC(=O)NC(=O)c2c(F)cccc2F)ccc1Br. The highest BCUT2D eigenvalue weighted by atomic mass is 79.9. The third-order valence-electron chi connectivity index (χ3n) is 2.83. The maximum atomic E-state index is 13.4. The van der Waals surface area contributed by atoms with Crippen LogP contribution in [0.1, 0.15) is 15.9 Å². The second kappa shape index (κ2) is 6.65. The Balaban J connectivity index is 2.08. The summed E-state index contributed by atoms with van der Waals surface area (Å²) in [7, 11) is 0. The van der Waals surface area contributed by atoms with Crippen LogP contribution >= 0.6 is 15.9 Å². The fraction of sp³-hybridized carbons (Fsp3) is 0.0667. The predicted octanol–water partition coefficient (Wildman–Crippen LogP) is 4.00. The molecule has 0 fully saturated rings. The van der Waals surface area contributed by atoms with Crippen LogP contribution in [0.5, 0.6) is 0 Å². The first-order chi connectivity index (χ1) is 10.4. The Labute approximate surface area is 133 Å². The van der Waals surface area contributed by atoms with Gasteiger partial charge in [0.2, 0.25) is 0 Å². The number of carbonyl (C=O) groups excluding carboxylic acids is 2. The minimum absolute atomic E-state index is 0.444. The summed E-state index contributed by atoms with van der Waals surface area (Å²) < 4.78 is 27.7. The molecule has 0 heterocycles. The van der Waals surface area contributed by atoms with E-state index in [-0.39, 0.29) is 0 Å². The summed E-state index contributed by atoms with van der Waals surface area (Å²) >= 11 is 3.32. The lowest BCUT2D eigenvalue weighted by Gasteiger charge is -2.09. The second-order valence-corrected chi connectivity index (χ2v) is 5.32. The molecule has 0 bridgehead atoms. The number of imide groups is 1. The Morgan fingerprint density at radius 2 is 1.73 bits per heavy atom. The van der Waals surface area contributed by atoms with Gasteiger partial charge >= 0.3 is 6.03 Å². The molecule has 2 rings (SSSR count). The normalized spacial score (nSPS) is 10.2. The molecule has 2 aromatic carbocycles. The van der Waals surface area contributed by atoms with Gasteiger partial charge in [-0.1, -0.05) is 22.0 Å². The summed E-state index contributed by atoms with van der Waals surface area (Å²) in [5.41, 5.74) is 0.522. The van der Waals surface area contributed by atoms with Crippen molar-refractivity contribution in [1.82, 2.24) is 5.32 Å². The standard InChI is InChI=1S/C15H11BrF2N2O2/c1-8-7-9(5-6-10(8)16)19-15(22)20-14(21)13-11(17)3-2-4-12(13)18/h2-7H,1H3,(H2,19,20,21,22). The van der Waals surface area contributed by atoms with Crippen molar-refractivity contribution < 1.29 is 18.4 Å². The Morgan fingerprint density at radius 1 is 1.09 bits per heavy atom. The molecule has 0 unspecified atom stereocenters. The zero-order valence-electron chi connectivity index (χ0n) is 11.4. The maximum Gasteiger partial charge on any atom is 0.326 e. The zero-order valence-corrected chi connectivity index (χ0v) is 13.0. The molecule has 7 heteroatoms. The van der Waals surface area contributed by atoms with E-state index in [1.807, 2.05) is 12.2 Å². The summed E-state index contributed by atoms with van der Waals surface area (Å²) in [6, 6.07) is 7.15. The fourth-order valence-corrected chi connectivity index (χ4v) is 2.01. The molecule has 4 nitrogen and oxygen atoms in total. The van der Waals surface area contributed by atoms with E-state index in [1.165, 1.54) is 0 Å². The van der Waals surface area contributed by atoms with E-state index in [1.54, 1.807) is 18.2 Å². The molecule has 0 saturated heterocycles. The first-order valence-corrected chi connectivity index (χ1v) is 7.00. The number of halogens is 3. The van der Waals surface area contributed by atoms with E-state index in [2.05, 4.69) is 21.2 Å². The minimum Gasteiger partial charge on any atom is -0.308 e. The molecule has 0 saturated carbocycles. The van der Waals surface area contributed by atoms with Gasteiger partial charge in [-0.25, -0.2) is 13.6 Å². The van der Waals surface area contributed by atoms with Crippen LogP contribution in [-0.4, -0.2) is 11.9 Å². The Morgan fingerprint density at radius 3 is 2.32 bits per heavy atom. The first-order valence-electron chi connectivity index (χ1n) is 6.21. The molecule has 3 amide bonds. The molecule has 0 aromatic heterocycles. The van der Waals surface area contributed by atoms with Crippen molar-refractivity contribution in [1.29, 1.82) is 0 Å². The van der Waals surface area contributed by atoms with E-state index in [0.29, 0.717) is 5.69 Å². The molecule has 114 valence electrons. The molecule has 0 atom stereocenters. The summed E-state index contributed by atoms with van der Waals surface area (Å²) in [5, 5.41) is 4.29. The number of anilines is 1. The smallest absolute Gasteiger partial charge is 0.308 e. The minimum atomic E-state index is -1.15. The first kappa shape index (κ1) is 16.1. The lowest BCUT2D eigenvalue weighted by Crippen LogP contribution is -2.35. The van der Waals surface area contributed by atoms with Gasteiger partial charge in [0.15, 0.2) is 0 Å². The van der Waals surface area contributed by atoms with Gasteiger partial charge in [0.25, 0.3) is 5.91 Å². The van der Waals surface area contributed by atoms with Crippen LogP contribution in [0.25, 0.3) is 0 Å². The van der Waals surface area contributed by atoms with Crippen molar-refractivity contribution in [3.8, 4) is 0 Å². The summed E-state index contributed by atoms with van der Waals surface area (Å²) in [4.78, 5) is 23.5. The molecule has 22 heavy (non-hydrogen) atoms. The van der Waals surface area contributed by atoms with Gasteiger partial charge in [0.05, 0.1) is 0 Å². The van der Waals surface area contributed by atoms with Crippen LogP contribution < -0.4 is 10.6 Å². The summed E-state index contributed by atoms with van der Waals surface area (Å²) in [5.74, 6) is -3.23. The molecule has 0 aliphatic carbocycles. The third kappa shape index (κ3) is 3.67. The number of rotatable bonds is 2. The monoisotopic (exact) mass is 368 g/mol. The molecular weight excluding hydrogens is 358 g/mol. The molecule has 2 aromatic rings. The molecule has 2 N–H and O–H groups in total. The maximum absolute atomic E-state index is 13.4. The fourth-order valence-electron chi connectivity index (χ4n) is 1.77. The lowest BCUT2D eigenvalue weighted by molar-refractivity contribution is 0.0959. The second-order valence-electron chi connectivity index (χ2n) is 4.47. The molecule has 0 spiro atoms. The number of urea groups is 1. The highest BCUT2D eigenvalue weighted by Crippen LogP contribution is 2.20. The molecule has 0 aliphatic rings. The number of hydrogen-bond donors (Lipinski definition) is 2. The van der Waals surface area contributed by atoms with Crippen LogP contribution in [0.4, 0.5) is 19.3 Å². The lowest BCUT2D eigenvalue weighted by atomic mass is 10.2. The van der Waals surface area contributed by atoms with E-state index in [0.717, 1.165) is 28.2 Å². The van der Waals surface area contributed by atoms with Crippen LogP contribution in [-0.2, 0) is 0 Å². The summed E-state index contributed by atoms with van der Waals surface area (Å²) in [6.45, 7) is 1.83. The highest BCUT2D eigenvalue weighted by molar-refractivity contribution is 9.10. The molecular formula is C15H11BrF2N2O2. The van der Waals surface area contributed by atoms with Gasteiger partial charge in [-0.05, 0) is 42.8 Å². The van der Waals surface area contributed by atoms with Gasteiger partial charge in [-0.3, -0.25) is 10.1 Å². The van der Waals surface area contributed by atoms with Gasteiger partial charge in [-0.2, -0.15) is 0 Å². The van der Waals surface area contributed by atoms with Crippen molar-refractivity contribution in [2.75, 3.05) is 5.32 Å². The Kier molecular flexibility index (Phi) is 4.87. The highest BCUT2D eigenvalue weighted by Gasteiger charge is 2.19. The summed E-state index contributed by atoms with van der Waals surface area (Å²) in [6.07, 6.45) is 0. The van der Waals surface area contributed by atoms with E-state index >= 15 is 0 Å². The number of aryl methyl sites for hydroxylation is 1. The van der Waals surface area contributed by atoms with E-state index < -0.39 is 29.1 Å². The van der Waals surface area contributed by atoms with Gasteiger partial charge in [-0.15, -0.1) is 0 Å².